The molecule has 13 aromatic carbocycles. The van der Waals surface area contributed by atoms with Crippen molar-refractivity contribution in [1.82, 2.24) is 18.3 Å². The van der Waals surface area contributed by atoms with Gasteiger partial charge in [-0.3, -0.25) is 0 Å². The van der Waals surface area contributed by atoms with Crippen molar-refractivity contribution in [2.75, 3.05) is 0 Å². The van der Waals surface area contributed by atoms with Crippen molar-refractivity contribution in [2.24, 2.45) is 0 Å². The lowest BCUT2D eigenvalue weighted by Crippen LogP contribution is -2.57. The third kappa shape index (κ3) is 7.86. The summed E-state index contributed by atoms with van der Waals surface area (Å²) in [5.74, 6) is 0. The first kappa shape index (κ1) is 57.1. The van der Waals surface area contributed by atoms with E-state index >= 15 is 0 Å². The minimum atomic E-state index is -0.137. The summed E-state index contributed by atoms with van der Waals surface area (Å²) < 4.78 is 10.4. The maximum atomic E-state index is 2.67. The van der Waals surface area contributed by atoms with Crippen molar-refractivity contribution in [3.63, 3.8) is 0 Å². The number of nitrogens with zero attached hydrogens (tertiary/aromatic N) is 4. The van der Waals surface area contributed by atoms with E-state index in [2.05, 4.69) is 339 Å². The molecule has 0 N–H and O–H groups in total. The summed E-state index contributed by atoms with van der Waals surface area (Å²) in [4.78, 5) is 0. The lowest BCUT2D eigenvalue weighted by atomic mass is 9.30. The van der Waals surface area contributed by atoms with Crippen LogP contribution in [0.15, 0.2) is 231 Å². The van der Waals surface area contributed by atoms with Gasteiger partial charge in [0.05, 0.1) is 44.1 Å². The summed E-state index contributed by atoms with van der Waals surface area (Å²) >= 11 is 0. The maximum Gasteiger partial charge on any atom is 0.244 e. The van der Waals surface area contributed by atoms with Crippen molar-refractivity contribution >= 4 is 132 Å². The molecule has 2 aliphatic heterocycles. The molecule has 0 amide bonds. The van der Waals surface area contributed by atoms with Crippen molar-refractivity contribution < 1.29 is 0 Å². The van der Waals surface area contributed by atoms with Gasteiger partial charge in [-0.1, -0.05) is 245 Å². The zero-order valence-electron chi connectivity index (χ0n) is 57.3. The van der Waals surface area contributed by atoms with E-state index in [1.54, 1.807) is 0 Å². The van der Waals surface area contributed by atoms with E-state index in [0.717, 1.165) is 22.7 Å². The average molecular weight is 1240 g/mol. The Kier molecular flexibility index (Phi) is 11.6. The highest BCUT2D eigenvalue weighted by atomic mass is 15.0. The molecule has 2 aliphatic rings. The van der Waals surface area contributed by atoms with E-state index in [1.807, 2.05) is 0 Å². The first-order valence-corrected chi connectivity index (χ1v) is 34.6. The molecule has 0 spiro atoms. The number of para-hydroxylation sites is 4. The molecule has 96 heavy (non-hydrogen) atoms. The Morgan fingerprint density at radius 2 is 0.552 bits per heavy atom. The Labute approximate surface area is 561 Å². The van der Waals surface area contributed by atoms with Crippen molar-refractivity contribution in [3.8, 4) is 45.0 Å². The highest BCUT2D eigenvalue weighted by Crippen LogP contribution is 2.53. The summed E-state index contributed by atoms with van der Waals surface area (Å²) in [5, 5.41) is 15.3. The smallest absolute Gasteiger partial charge is 0.244 e. The standard InChI is InChI=1S/C91H77BN4/c1-52-46-67-83-79-69(50-77-81(83)63-24-16-20-28-75(63)93(77)57-38-30-53(31-39-57)88(2,3)4)86-65(61-22-14-18-26-73(61)95(86)59-42-34-55(35-43-59)90(8,9)10)48-71(79)92-72-49-66-62-23-15-19-27-74(62)96(60-44-36-56(37-45-60)91(11,12)13)87(66)70-51-78-82(84(80(70)72)68(47-52)85(67)92)64-25-17-21-29-76(64)94(78)58-40-32-54(33-41-58)89(5,6)7/h14-51H,1-13H3. The molecule has 0 saturated carbocycles. The SMILES string of the molecule is Cc1cc2c3c(c1)-c1c4c(cc5c6ccccc6n(-c6ccc(C(C)(C)C)cc6)c5c4cc4c1c1ccccc1n4-c1ccc(C(C)(C)C)cc1)B3c1cc3c4ccccc4n(-c4ccc(C(C)(C)C)cc4)c3c3cc4c(c-2c13)c1ccccc1n4-c1ccc(C(C)(C)C)cc1. The monoisotopic (exact) mass is 1240 g/mol. The highest BCUT2D eigenvalue weighted by molar-refractivity contribution is 7.02. The van der Waals surface area contributed by atoms with Gasteiger partial charge >= 0.3 is 0 Å². The van der Waals surface area contributed by atoms with Gasteiger partial charge in [-0.15, -0.1) is 0 Å². The van der Waals surface area contributed by atoms with Crippen LogP contribution in [0, 0.1) is 6.92 Å². The van der Waals surface area contributed by atoms with Gasteiger partial charge in [0.15, 0.2) is 0 Å². The molecule has 6 heterocycles. The van der Waals surface area contributed by atoms with E-state index < -0.39 is 0 Å². The molecule has 4 aromatic heterocycles. The van der Waals surface area contributed by atoms with Crippen LogP contribution in [-0.2, 0) is 21.7 Å². The fourth-order valence-electron chi connectivity index (χ4n) is 17.6. The van der Waals surface area contributed by atoms with Gasteiger partial charge in [0.1, 0.15) is 0 Å². The first-order valence-electron chi connectivity index (χ1n) is 34.6. The quantitative estimate of drug-likeness (QED) is 0.157. The van der Waals surface area contributed by atoms with E-state index in [-0.39, 0.29) is 28.4 Å². The van der Waals surface area contributed by atoms with E-state index in [1.165, 1.54) is 175 Å². The van der Waals surface area contributed by atoms with Crippen LogP contribution < -0.4 is 16.4 Å². The Hall–Kier alpha value is -10.4. The molecule has 0 aliphatic carbocycles. The second kappa shape index (κ2) is 19.4. The molecule has 464 valence electrons. The van der Waals surface area contributed by atoms with Crippen LogP contribution in [-0.4, -0.2) is 25.0 Å². The molecule has 4 nitrogen and oxygen atoms in total. The van der Waals surface area contributed by atoms with Gasteiger partial charge in [-0.2, -0.15) is 0 Å². The van der Waals surface area contributed by atoms with Crippen LogP contribution in [0.1, 0.15) is 111 Å². The number of hydrogen-bond donors (Lipinski definition) is 0. The summed E-state index contributed by atoms with van der Waals surface area (Å²) in [6.45, 7) is 30.0. The minimum Gasteiger partial charge on any atom is -0.309 e. The first-order chi connectivity index (χ1) is 46.1. The Morgan fingerprint density at radius 1 is 0.260 bits per heavy atom. The van der Waals surface area contributed by atoms with Crippen molar-refractivity contribution in [2.45, 2.75) is 112 Å². The normalized spacial score (nSPS) is 13.4. The molecular weight excluding hydrogens is 1160 g/mol. The Bertz CT molecular complexity index is 5870. The van der Waals surface area contributed by atoms with Crippen LogP contribution in [0.5, 0.6) is 0 Å². The number of benzene rings is 13. The molecule has 0 fully saturated rings. The molecule has 0 unspecified atom stereocenters. The van der Waals surface area contributed by atoms with Crippen LogP contribution in [0.25, 0.3) is 154 Å². The van der Waals surface area contributed by atoms with E-state index in [9.17, 15) is 0 Å². The fraction of sp³-hybridized carbons (Fsp3) is 0.187. The van der Waals surface area contributed by atoms with Gasteiger partial charge < -0.3 is 18.3 Å². The zero-order chi connectivity index (χ0) is 65.5. The molecule has 0 atom stereocenters. The molecular formula is C91H77BN4. The molecule has 0 saturated heterocycles. The van der Waals surface area contributed by atoms with E-state index in [4.69, 9.17) is 0 Å². The number of fused-ring (bicyclic) bond motifs is 20. The minimum absolute atomic E-state index is 0.00219. The molecule has 19 rings (SSSR count). The summed E-state index contributed by atoms with van der Waals surface area (Å²) in [6.07, 6.45) is 0. The maximum absolute atomic E-state index is 2.67. The lowest BCUT2D eigenvalue weighted by molar-refractivity contribution is 0.590. The van der Waals surface area contributed by atoms with E-state index in [0.29, 0.717) is 0 Å². The second-order valence-corrected chi connectivity index (χ2v) is 32.2. The predicted molar refractivity (Wildman–Crippen MR) is 414 cm³/mol. The van der Waals surface area contributed by atoms with Crippen LogP contribution in [0.2, 0.25) is 0 Å². The zero-order valence-corrected chi connectivity index (χ0v) is 57.3. The largest absolute Gasteiger partial charge is 0.309 e. The summed E-state index contributed by atoms with van der Waals surface area (Å²) in [5.41, 5.74) is 30.3. The topological polar surface area (TPSA) is 19.7 Å². The summed E-state index contributed by atoms with van der Waals surface area (Å²) in [7, 11) is 0. The third-order valence-corrected chi connectivity index (χ3v) is 22.2. The van der Waals surface area contributed by atoms with Gasteiger partial charge in [0, 0.05) is 76.6 Å². The van der Waals surface area contributed by atoms with Gasteiger partial charge in [0.2, 0.25) is 6.71 Å². The van der Waals surface area contributed by atoms with Crippen LogP contribution in [0.4, 0.5) is 0 Å². The number of rotatable bonds is 4. The third-order valence-electron chi connectivity index (χ3n) is 22.2. The number of aromatic nitrogens is 4. The van der Waals surface area contributed by atoms with Crippen molar-refractivity contribution in [1.29, 1.82) is 0 Å². The van der Waals surface area contributed by atoms with Gasteiger partial charge in [-0.25, -0.2) is 0 Å². The lowest BCUT2D eigenvalue weighted by Gasteiger charge is -2.36. The second-order valence-electron chi connectivity index (χ2n) is 32.2. The van der Waals surface area contributed by atoms with Crippen molar-refractivity contribution in [3.05, 3.63) is 258 Å². The van der Waals surface area contributed by atoms with Gasteiger partial charge in [-0.05, 0) is 174 Å². The summed E-state index contributed by atoms with van der Waals surface area (Å²) in [6, 6.07) is 90.4. The predicted octanol–water partition coefficient (Wildman–Crippen LogP) is 22.4. The molecule has 17 aromatic rings. The van der Waals surface area contributed by atoms with Gasteiger partial charge in [0.25, 0.3) is 0 Å². The number of aryl methyl sites for hydroxylation is 1. The molecule has 5 heteroatoms. The average Bonchev–Trinajstić information content (AvgIpc) is 1.40. The highest BCUT2D eigenvalue weighted by Gasteiger charge is 2.43. The fourth-order valence-corrected chi connectivity index (χ4v) is 17.6. The Morgan fingerprint density at radius 3 is 0.875 bits per heavy atom. The van der Waals surface area contributed by atoms with Crippen LogP contribution >= 0.6 is 0 Å². The molecule has 0 bridgehead atoms. The number of hydrogen-bond acceptors (Lipinski definition) is 0. The Balaban J connectivity index is 1.04. The molecule has 0 radical (unpaired) electrons. The van der Waals surface area contributed by atoms with Crippen LogP contribution in [0.3, 0.4) is 0 Å².